The summed E-state index contributed by atoms with van der Waals surface area (Å²) >= 11 is 0. The molecule has 1 aromatic carbocycles. The van der Waals surface area contributed by atoms with Gasteiger partial charge in [-0.2, -0.15) is 8.78 Å². The Balaban J connectivity index is 2.04. The Hall–Kier alpha value is -1.53. The van der Waals surface area contributed by atoms with Crippen LogP contribution >= 0.6 is 0 Å². The van der Waals surface area contributed by atoms with Gasteiger partial charge in [0, 0.05) is 19.6 Å². The molecule has 2 rings (SSSR count). The lowest BCUT2D eigenvalue weighted by molar-refractivity contribution is -0.210. The molecule has 0 bridgehead atoms. The minimum Gasteiger partial charge on any atom is -0.461 e. The zero-order valence-electron chi connectivity index (χ0n) is 11.9. The lowest BCUT2D eigenvalue weighted by Crippen LogP contribution is -2.55. The monoisotopic (exact) mass is 299 g/mol. The molecule has 0 aromatic heterocycles. The smallest absolute Gasteiger partial charge is 0.380 e. The van der Waals surface area contributed by atoms with Crippen LogP contribution in [0.25, 0.3) is 0 Å². The fourth-order valence-corrected chi connectivity index (χ4v) is 2.52. The van der Waals surface area contributed by atoms with Crippen LogP contribution in [0.3, 0.4) is 0 Å². The number of hydrogen-bond donors (Lipinski definition) is 1. The third-order valence-corrected chi connectivity index (χ3v) is 3.69. The first-order valence-electron chi connectivity index (χ1n) is 6.93. The summed E-state index contributed by atoms with van der Waals surface area (Å²) in [7, 11) is 0. The van der Waals surface area contributed by atoms with Gasteiger partial charge in [0.25, 0.3) is 0 Å². The summed E-state index contributed by atoms with van der Waals surface area (Å²) in [6, 6.07) is 9.39. The number of alkyl halides is 2. The molecule has 6 heteroatoms. The first-order chi connectivity index (χ1) is 9.89. The van der Waals surface area contributed by atoms with Crippen LogP contribution in [0.2, 0.25) is 0 Å². The molecule has 1 fully saturated rings. The number of likely N-dealkylation sites (tertiary alicyclic amines) is 1. The van der Waals surface area contributed by atoms with E-state index in [1.807, 2.05) is 30.3 Å². The van der Waals surface area contributed by atoms with Crippen molar-refractivity contribution in [1.29, 1.82) is 0 Å². The van der Waals surface area contributed by atoms with Crippen molar-refractivity contribution in [3.63, 3.8) is 0 Å². The number of carbonyl (C=O) groups excluding carboxylic acids is 1. The first-order valence-corrected chi connectivity index (χ1v) is 6.93. The van der Waals surface area contributed by atoms with Gasteiger partial charge in [-0.25, -0.2) is 4.79 Å². The standard InChI is InChI=1S/C15H19F2NO3/c1-2-21-13(19)15(16,17)14(20)8-9-18(11-14)10-12-6-4-3-5-7-12/h3-7,20H,2,8-11H2,1H3. The first kappa shape index (κ1) is 15.9. The third-order valence-electron chi connectivity index (χ3n) is 3.69. The molecule has 1 aliphatic rings. The normalized spacial score (nSPS) is 23.2. The number of esters is 1. The number of β-amino-alcohol motifs (C(OH)–C–C–N with tert-alkyl or cyclic N) is 1. The third kappa shape index (κ3) is 3.22. The highest BCUT2D eigenvalue weighted by Crippen LogP contribution is 2.38. The van der Waals surface area contributed by atoms with Crippen LogP contribution in [0, 0.1) is 0 Å². The maximum absolute atomic E-state index is 14.1. The van der Waals surface area contributed by atoms with Crippen molar-refractivity contribution in [2.75, 3.05) is 19.7 Å². The number of halogens is 2. The number of carbonyl (C=O) groups is 1. The van der Waals surface area contributed by atoms with Crippen LogP contribution < -0.4 is 0 Å². The average molecular weight is 299 g/mol. The van der Waals surface area contributed by atoms with Gasteiger partial charge < -0.3 is 9.84 Å². The van der Waals surface area contributed by atoms with E-state index in [4.69, 9.17) is 0 Å². The van der Waals surface area contributed by atoms with Crippen molar-refractivity contribution in [1.82, 2.24) is 4.90 Å². The quantitative estimate of drug-likeness (QED) is 0.843. The fourth-order valence-electron chi connectivity index (χ4n) is 2.52. The Morgan fingerprint density at radius 2 is 2.10 bits per heavy atom. The topological polar surface area (TPSA) is 49.8 Å². The predicted octanol–water partition coefficient (Wildman–Crippen LogP) is 1.82. The van der Waals surface area contributed by atoms with Crippen LogP contribution in [0.5, 0.6) is 0 Å². The molecule has 1 atom stereocenters. The highest BCUT2D eigenvalue weighted by atomic mass is 19.3. The summed E-state index contributed by atoms with van der Waals surface area (Å²) in [6.07, 6.45) is -0.161. The van der Waals surface area contributed by atoms with E-state index in [0.29, 0.717) is 13.1 Å². The summed E-state index contributed by atoms with van der Waals surface area (Å²) < 4.78 is 32.5. The van der Waals surface area contributed by atoms with Crippen molar-refractivity contribution < 1.29 is 23.4 Å². The van der Waals surface area contributed by atoms with Crippen molar-refractivity contribution in [2.24, 2.45) is 0 Å². The zero-order chi connectivity index (χ0) is 15.5. The predicted molar refractivity (Wildman–Crippen MR) is 72.9 cm³/mol. The van der Waals surface area contributed by atoms with E-state index in [9.17, 15) is 18.7 Å². The van der Waals surface area contributed by atoms with Crippen LogP contribution in [-0.4, -0.2) is 47.2 Å². The highest BCUT2D eigenvalue weighted by Gasteiger charge is 2.61. The number of aliphatic hydroxyl groups is 1. The van der Waals surface area contributed by atoms with Gasteiger partial charge in [-0.1, -0.05) is 30.3 Å². The second-order valence-corrected chi connectivity index (χ2v) is 5.27. The van der Waals surface area contributed by atoms with Crippen LogP contribution in [0.4, 0.5) is 8.78 Å². The molecular formula is C15H19F2NO3. The average Bonchev–Trinajstić information content (AvgIpc) is 2.83. The Bertz CT molecular complexity index is 495. The minimum atomic E-state index is -3.89. The van der Waals surface area contributed by atoms with Crippen molar-refractivity contribution in [2.45, 2.75) is 31.4 Å². The molecule has 21 heavy (non-hydrogen) atoms. The number of benzene rings is 1. The van der Waals surface area contributed by atoms with Crippen molar-refractivity contribution in [3.8, 4) is 0 Å². The number of rotatable bonds is 5. The Kier molecular flexibility index (Phi) is 4.58. The largest absolute Gasteiger partial charge is 0.461 e. The Morgan fingerprint density at radius 3 is 2.71 bits per heavy atom. The Morgan fingerprint density at radius 1 is 1.43 bits per heavy atom. The molecule has 4 nitrogen and oxygen atoms in total. The van der Waals surface area contributed by atoms with E-state index in [1.54, 1.807) is 4.90 Å². The van der Waals surface area contributed by atoms with Gasteiger partial charge in [0.1, 0.15) is 0 Å². The SMILES string of the molecule is CCOC(=O)C(F)(F)C1(O)CCN(Cc2ccccc2)C1. The van der Waals surface area contributed by atoms with Crippen molar-refractivity contribution in [3.05, 3.63) is 35.9 Å². The minimum absolute atomic E-state index is 0.141. The van der Waals surface area contributed by atoms with Gasteiger partial charge in [0.05, 0.1) is 6.61 Å². The van der Waals surface area contributed by atoms with E-state index < -0.39 is 17.5 Å². The summed E-state index contributed by atoms with van der Waals surface area (Å²) in [6.45, 7) is 1.82. The van der Waals surface area contributed by atoms with Gasteiger partial charge in [-0.15, -0.1) is 0 Å². The Labute approximate surface area is 122 Å². The molecule has 116 valence electrons. The lowest BCUT2D eigenvalue weighted by Gasteiger charge is -2.30. The van der Waals surface area contributed by atoms with E-state index >= 15 is 0 Å². The molecule has 0 radical (unpaired) electrons. The second-order valence-electron chi connectivity index (χ2n) is 5.27. The molecule has 0 spiro atoms. The van der Waals surface area contributed by atoms with Gasteiger partial charge >= 0.3 is 11.9 Å². The van der Waals surface area contributed by atoms with Crippen LogP contribution in [-0.2, 0) is 16.1 Å². The molecule has 1 N–H and O–H groups in total. The molecule has 1 unspecified atom stereocenters. The van der Waals surface area contributed by atoms with Crippen LogP contribution in [0.15, 0.2) is 30.3 Å². The molecule has 1 aromatic rings. The van der Waals surface area contributed by atoms with E-state index in [2.05, 4.69) is 4.74 Å². The fraction of sp³-hybridized carbons (Fsp3) is 0.533. The summed E-state index contributed by atoms with van der Waals surface area (Å²) in [5.41, 5.74) is -1.39. The molecule has 1 saturated heterocycles. The number of nitrogens with zero attached hydrogens (tertiary/aromatic N) is 1. The van der Waals surface area contributed by atoms with Crippen molar-refractivity contribution >= 4 is 5.97 Å². The molecule has 0 saturated carbocycles. The van der Waals surface area contributed by atoms with Gasteiger partial charge in [-0.05, 0) is 18.9 Å². The van der Waals surface area contributed by atoms with Crippen LogP contribution in [0.1, 0.15) is 18.9 Å². The van der Waals surface area contributed by atoms with Gasteiger partial charge in [0.2, 0.25) is 0 Å². The maximum Gasteiger partial charge on any atom is 0.380 e. The number of hydrogen-bond acceptors (Lipinski definition) is 4. The highest BCUT2D eigenvalue weighted by molar-refractivity contribution is 5.79. The van der Waals surface area contributed by atoms with E-state index in [-0.39, 0.29) is 19.6 Å². The molecular weight excluding hydrogens is 280 g/mol. The lowest BCUT2D eigenvalue weighted by atomic mass is 9.94. The van der Waals surface area contributed by atoms with E-state index in [0.717, 1.165) is 5.56 Å². The van der Waals surface area contributed by atoms with Gasteiger partial charge in [-0.3, -0.25) is 4.90 Å². The van der Waals surface area contributed by atoms with Gasteiger partial charge in [0.15, 0.2) is 5.60 Å². The summed E-state index contributed by atoms with van der Waals surface area (Å²) in [4.78, 5) is 13.1. The molecule has 0 aliphatic carbocycles. The second kappa shape index (κ2) is 6.07. The summed E-state index contributed by atoms with van der Waals surface area (Å²) in [5.74, 6) is -5.55. The molecule has 1 heterocycles. The number of ether oxygens (including phenoxy) is 1. The summed E-state index contributed by atoms with van der Waals surface area (Å²) in [5, 5.41) is 10.2. The maximum atomic E-state index is 14.1. The molecule has 0 amide bonds. The van der Waals surface area contributed by atoms with E-state index in [1.165, 1.54) is 6.92 Å². The zero-order valence-corrected chi connectivity index (χ0v) is 11.9. The molecule has 1 aliphatic heterocycles.